The number of anilines is 1. The second-order valence-corrected chi connectivity index (χ2v) is 7.40. The lowest BCUT2D eigenvalue weighted by Crippen LogP contribution is -2.48. The lowest BCUT2D eigenvalue weighted by molar-refractivity contribution is 0.0745. The normalized spacial score (nSPS) is 17.3. The Labute approximate surface area is 160 Å². The molecular weight excluding hydrogens is 375 g/mol. The molecule has 2 fully saturated rings. The summed E-state index contributed by atoms with van der Waals surface area (Å²) in [5, 5.41) is 10.2. The highest BCUT2D eigenvalue weighted by Gasteiger charge is 2.33. The highest BCUT2D eigenvalue weighted by Crippen LogP contribution is 2.41. The molecule has 4 rings (SSSR count). The minimum absolute atomic E-state index is 0.106. The van der Waals surface area contributed by atoms with Gasteiger partial charge in [-0.2, -0.15) is 5.26 Å². The van der Waals surface area contributed by atoms with E-state index in [1.54, 1.807) is 23.1 Å². The smallest absolute Gasteiger partial charge is 0.254 e. The van der Waals surface area contributed by atoms with Gasteiger partial charge in [0.25, 0.3) is 5.91 Å². The van der Waals surface area contributed by atoms with Crippen LogP contribution in [0.4, 0.5) is 5.88 Å². The van der Waals surface area contributed by atoms with Crippen LogP contribution in [0.5, 0.6) is 0 Å². The molecule has 1 saturated carbocycles. The maximum absolute atomic E-state index is 12.7. The summed E-state index contributed by atoms with van der Waals surface area (Å²) in [6.45, 7) is 2.20. The molecule has 1 saturated heterocycles. The average molecular weight is 391 g/mol. The van der Waals surface area contributed by atoms with Crippen molar-refractivity contribution in [1.29, 1.82) is 5.26 Å². The van der Waals surface area contributed by atoms with E-state index < -0.39 is 0 Å². The largest absolute Gasteiger partial charge is 0.423 e. The number of hydrogen-bond donors (Lipinski definition) is 0. The molecule has 0 unspecified atom stereocenters. The molecule has 134 valence electrons. The Morgan fingerprint density at radius 1 is 1.15 bits per heavy atom. The molecule has 26 heavy (non-hydrogen) atoms. The van der Waals surface area contributed by atoms with E-state index >= 15 is 0 Å². The predicted octanol–water partition coefficient (Wildman–Crippen LogP) is 3.69. The van der Waals surface area contributed by atoms with Gasteiger partial charge in [-0.1, -0.05) is 23.2 Å². The molecule has 6 nitrogen and oxygen atoms in total. The van der Waals surface area contributed by atoms with Crippen LogP contribution in [0.1, 0.15) is 40.7 Å². The molecule has 0 radical (unpaired) electrons. The van der Waals surface area contributed by atoms with E-state index in [1.165, 1.54) is 0 Å². The Bertz CT molecular complexity index is 873. The van der Waals surface area contributed by atoms with E-state index in [1.807, 2.05) is 4.90 Å². The molecule has 0 bridgehead atoms. The minimum atomic E-state index is -0.106. The summed E-state index contributed by atoms with van der Waals surface area (Å²) in [7, 11) is 0. The first-order chi connectivity index (χ1) is 12.5. The molecule has 2 heterocycles. The number of hydrogen-bond acceptors (Lipinski definition) is 5. The van der Waals surface area contributed by atoms with Crippen LogP contribution in [0.25, 0.3) is 0 Å². The van der Waals surface area contributed by atoms with Crippen LogP contribution in [-0.2, 0) is 0 Å². The van der Waals surface area contributed by atoms with Crippen LogP contribution in [0, 0.1) is 11.3 Å². The van der Waals surface area contributed by atoms with Crippen LogP contribution in [0.15, 0.2) is 22.6 Å². The van der Waals surface area contributed by atoms with Crippen molar-refractivity contribution in [2.75, 3.05) is 31.1 Å². The Balaban J connectivity index is 1.46. The summed E-state index contributed by atoms with van der Waals surface area (Å²) >= 11 is 12.0. The van der Waals surface area contributed by atoms with Crippen LogP contribution in [0.2, 0.25) is 10.0 Å². The van der Waals surface area contributed by atoms with Crippen LogP contribution in [-0.4, -0.2) is 42.0 Å². The van der Waals surface area contributed by atoms with Gasteiger partial charge in [-0.15, -0.1) is 0 Å². The SMILES string of the molecule is N#Cc1nc(C2CC2)oc1N1CCN(C(=O)c2cc(Cl)cc(Cl)c2)CC1. The topological polar surface area (TPSA) is 73.4 Å². The molecule has 1 aromatic carbocycles. The standard InChI is InChI=1S/C18H16Cl2N4O2/c19-13-7-12(8-14(20)9-13)17(25)23-3-5-24(6-4-23)18-15(10-21)22-16(26-18)11-1-2-11/h7-9,11H,1-6H2. The molecule has 1 aliphatic carbocycles. The van der Waals surface area contributed by atoms with Gasteiger partial charge in [-0.05, 0) is 31.0 Å². The summed E-state index contributed by atoms with van der Waals surface area (Å²) in [4.78, 5) is 20.7. The Morgan fingerprint density at radius 3 is 2.38 bits per heavy atom. The molecule has 8 heteroatoms. The molecule has 2 aromatic rings. The van der Waals surface area contributed by atoms with Gasteiger partial charge in [0, 0.05) is 47.7 Å². The molecule has 1 aromatic heterocycles. The van der Waals surface area contributed by atoms with E-state index in [4.69, 9.17) is 27.6 Å². The third-order valence-corrected chi connectivity index (χ3v) is 5.06. The zero-order valence-electron chi connectivity index (χ0n) is 13.9. The van der Waals surface area contributed by atoms with Crippen LogP contribution in [0.3, 0.4) is 0 Å². The van der Waals surface area contributed by atoms with Crippen molar-refractivity contribution in [3.63, 3.8) is 0 Å². The Morgan fingerprint density at radius 2 is 1.81 bits per heavy atom. The van der Waals surface area contributed by atoms with Crippen molar-refractivity contribution in [3.05, 3.63) is 45.4 Å². The average Bonchev–Trinajstić information content (AvgIpc) is 3.39. The molecule has 0 spiro atoms. The van der Waals surface area contributed by atoms with E-state index in [-0.39, 0.29) is 5.91 Å². The van der Waals surface area contributed by atoms with Crippen LogP contribution < -0.4 is 4.90 Å². The first kappa shape index (κ1) is 17.2. The van der Waals surface area contributed by atoms with Crippen molar-refractivity contribution in [3.8, 4) is 6.07 Å². The number of piperazine rings is 1. The lowest BCUT2D eigenvalue weighted by atomic mass is 10.2. The maximum atomic E-state index is 12.7. The third kappa shape index (κ3) is 3.37. The van der Waals surface area contributed by atoms with Gasteiger partial charge in [-0.25, -0.2) is 4.98 Å². The van der Waals surface area contributed by atoms with E-state index in [2.05, 4.69) is 11.1 Å². The number of carbonyl (C=O) groups excluding carboxylic acids is 1. The monoisotopic (exact) mass is 390 g/mol. The van der Waals surface area contributed by atoms with E-state index in [0.29, 0.717) is 65.2 Å². The molecular formula is C18H16Cl2N4O2. The number of rotatable bonds is 3. The van der Waals surface area contributed by atoms with Crippen molar-refractivity contribution >= 4 is 35.0 Å². The van der Waals surface area contributed by atoms with Gasteiger partial charge < -0.3 is 14.2 Å². The Kier molecular flexibility index (Phi) is 4.51. The van der Waals surface area contributed by atoms with Crippen molar-refractivity contribution in [1.82, 2.24) is 9.88 Å². The highest BCUT2D eigenvalue weighted by atomic mass is 35.5. The van der Waals surface area contributed by atoms with Crippen molar-refractivity contribution in [2.45, 2.75) is 18.8 Å². The quantitative estimate of drug-likeness (QED) is 0.798. The number of halogens is 2. The van der Waals surface area contributed by atoms with Gasteiger partial charge in [0.2, 0.25) is 17.5 Å². The molecule has 1 aliphatic heterocycles. The minimum Gasteiger partial charge on any atom is -0.423 e. The number of oxazole rings is 1. The number of aromatic nitrogens is 1. The van der Waals surface area contributed by atoms with Crippen molar-refractivity contribution in [2.24, 2.45) is 0 Å². The first-order valence-corrected chi connectivity index (χ1v) is 9.22. The number of amides is 1. The Hall–Kier alpha value is -2.23. The fourth-order valence-electron chi connectivity index (χ4n) is 3.09. The molecule has 1 amide bonds. The highest BCUT2D eigenvalue weighted by molar-refractivity contribution is 6.35. The summed E-state index contributed by atoms with van der Waals surface area (Å²) < 4.78 is 5.83. The van der Waals surface area contributed by atoms with Gasteiger partial charge in [0.05, 0.1) is 0 Å². The molecule has 0 N–H and O–H groups in total. The molecule has 2 aliphatic rings. The summed E-state index contributed by atoms with van der Waals surface area (Å²) in [5.41, 5.74) is 0.803. The summed E-state index contributed by atoms with van der Waals surface area (Å²) in [5.74, 6) is 1.42. The van der Waals surface area contributed by atoms with Gasteiger partial charge in [0.1, 0.15) is 6.07 Å². The van der Waals surface area contributed by atoms with Crippen LogP contribution >= 0.6 is 23.2 Å². The zero-order valence-corrected chi connectivity index (χ0v) is 15.4. The number of nitriles is 1. The van der Waals surface area contributed by atoms with Gasteiger partial charge in [0.15, 0.2) is 0 Å². The first-order valence-electron chi connectivity index (χ1n) is 8.46. The lowest BCUT2D eigenvalue weighted by Gasteiger charge is -2.34. The predicted molar refractivity (Wildman–Crippen MR) is 97.8 cm³/mol. The summed E-state index contributed by atoms with van der Waals surface area (Å²) in [6, 6.07) is 6.95. The fourth-order valence-corrected chi connectivity index (χ4v) is 3.62. The van der Waals surface area contributed by atoms with E-state index in [0.717, 1.165) is 12.8 Å². The second kappa shape index (κ2) is 6.82. The maximum Gasteiger partial charge on any atom is 0.254 e. The zero-order chi connectivity index (χ0) is 18.3. The molecule has 0 atom stereocenters. The number of carbonyl (C=O) groups is 1. The van der Waals surface area contributed by atoms with Gasteiger partial charge in [-0.3, -0.25) is 4.79 Å². The summed E-state index contributed by atoms with van der Waals surface area (Å²) in [6.07, 6.45) is 2.13. The second-order valence-electron chi connectivity index (χ2n) is 6.53. The fraction of sp³-hybridized carbons (Fsp3) is 0.389. The third-order valence-electron chi connectivity index (χ3n) is 4.62. The van der Waals surface area contributed by atoms with Crippen molar-refractivity contribution < 1.29 is 9.21 Å². The number of nitrogens with zero attached hydrogens (tertiary/aromatic N) is 4. The van der Waals surface area contributed by atoms with E-state index in [9.17, 15) is 10.1 Å². The number of benzene rings is 1. The van der Waals surface area contributed by atoms with Gasteiger partial charge >= 0.3 is 0 Å².